The molecular formula is C20H26N2O. The van der Waals surface area contributed by atoms with E-state index in [-0.39, 0.29) is 6.03 Å². The molecule has 23 heavy (non-hydrogen) atoms. The van der Waals surface area contributed by atoms with Crippen LogP contribution < -0.4 is 10.6 Å². The van der Waals surface area contributed by atoms with Gasteiger partial charge in [0, 0.05) is 11.4 Å². The van der Waals surface area contributed by atoms with Gasteiger partial charge in [-0.15, -0.1) is 0 Å². The normalized spacial score (nSPS) is 11.9. The second-order valence-electron chi connectivity index (χ2n) is 5.05. The summed E-state index contributed by atoms with van der Waals surface area (Å²) < 4.78 is 0. The Morgan fingerprint density at radius 3 is 2.65 bits per heavy atom. The van der Waals surface area contributed by atoms with Crippen molar-refractivity contribution in [3.8, 4) is 0 Å². The molecule has 122 valence electrons. The van der Waals surface area contributed by atoms with Gasteiger partial charge in [-0.25, -0.2) is 4.79 Å². The van der Waals surface area contributed by atoms with Crippen molar-refractivity contribution in [2.24, 2.45) is 0 Å². The standard InChI is InChI=1S/C20H26N2O/c1-5-9-14-17(8-4)21-20(23)22-19-15-10-13-16(11-6-2)18(19)12-7-3/h5-6,8-11,13-15H,4,7,12H2,1-3H3,(H2,21,22,23)/b9-5-,11-6-,17-14+. The van der Waals surface area contributed by atoms with E-state index in [1.54, 1.807) is 12.2 Å². The molecule has 0 spiro atoms. The van der Waals surface area contributed by atoms with E-state index >= 15 is 0 Å². The maximum Gasteiger partial charge on any atom is 0.323 e. The predicted molar refractivity (Wildman–Crippen MR) is 100 cm³/mol. The number of anilines is 1. The first-order valence-electron chi connectivity index (χ1n) is 7.94. The number of carbonyl (C=O) groups excluding carboxylic acids is 1. The van der Waals surface area contributed by atoms with E-state index in [0.717, 1.165) is 29.7 Å². The minimum atomic E-state index is -0.268. The third-order valence-electron chi connectivity index (χ3n) is 3.25. The third-order valence-corrected chi connectivity index (χ3v) is 3.25. The number of urea groups is 1. The smallest absolute Gasteiger partial charge is 0.308 e. The Morgan fingerprint density at radius 1 is 1.26 bits per heavy atom. The van der Waals surface area contributed by atoms with E-state index < -0.39 is 0 Å². The van der Waals surface area contributed by atoms with Crippen LogP contribution in [0.4, 0.5) is 10.5 Å². The van der Waals surface area contributed by atoms with Gasteiger partial charge in [-0.3, -0.25) is 0 Å². The fourth-order valence-corrected chi connectivity index (χ4v) is 2.23. The molecule has 0 fully saturated rings. The molecule has 0 atom stereocenters. The van der Waals surface area contributed by atoms with Gasteiger partial charge < -0.3 is 10.6 Å². The average Bonchev–Trinajstić information content (AvgIpc) is 2.54. The molecule has 0 heterocycles. The first-order chi connectivity index (χ1) is 11.2. The number of nitrogens with one attached hydrogen (secondary N) is 2. The molecule has 0 bridgehead atoms. The number of benzene rings is 1. The minimum absolute atomic E-state index is 0.268. The second-order valence-corrected chi connectivity index (χ2v) is 5.05. The highest BCUT2D eigenvalue weighted by molar-refractivity contribution is 5.92. The maximum absolute atomic E-state index is 12.2. The fraction of sp³-hybridized carbons (Fsp3) is 0.250. The molecule has 1 aromatic rings. The van der Waals surface area contributed by atoms with Crippen molar-refractivity contribution in [2.45, 2.75) is 33.6 Å². The Labute approximate surface area is 139 Å². The van der Waals surface area contributed by atoms with Crippen LogP contribution in [0.5, 0.6) is 0 Å². The molecule has 0 unspecified atom stereocenters. The quantitative estimate of drug-likeness (QED) is 0.647. The van der Waals surface area contributed by atoms with Crippen LogP contribution >= 0.6 is 0 Å². The van der Waals surface area contributed by atoms with Gasteiger partial charge in [0.2, 0.25) is 0 Å². The van der Waals surface area contributed by atoms with Crippen LogP contribution in [0.3, 0.4) is 0 Å². The number of rotatable bonds is 7. The van der Waals surface area contributed by atoms with Gasteiger partial charge in [0.05, 0.1) is 0 Å². The van der Waals surface area contributed by atoms with E-state index in [2.05, 4.69) is 36.3 Å². The molecule has 0 saturated heterocycles. The largest absolute Gasteiger partial charge is 0.323 e. The molecule has 0 saturated carbocycles. The van der Waals surface area contributed by atoms with Crippen molar-refractivity contribution in [2.75, 3.05) is 5.32 Å². The second kappa shape index (κ2) is 10.2. The van der Waals surface area contributed by atoms with Crippen LogP contribution in [0.1, 0.15) is 38.3 Å². The topological polar surface area (TPSA) is 41.1 Å². The summed E-state index contributed by atoms with van der Waals surface area (Å²) in [5.74, 6) is 0. The predicted octanol–water partition coefficient (Wildman–Crippen LogP) is 5.44. The summed E-state index contributed by atoms with van der Waals surface area (Å²) in [6.45, 7) is 9.75. The number of carbonyl (C=O) groups is 1. The average molecular weight is 310 g/mol. The molecular weight excluding hydrogens is 284 g/mol. The molecule has 2 amide bonds. The van der Waals surface area contributed by atoms with E-state index in [0.29, 0.717) is 5.70 Å². The van der Waals surface area contributed by atoms with Gasteiger partial charge in [-0.05, 0) is 49.6 Å². The van der Waals surface area contributed by atoms with Gasteiger partial charge in [0.1, 0.15) is 0 Å². The van der Waals surface area contributed by atoms with Gasteiger partial charge in [-0.1, -0.05) is 56.4 Å². The van der Waals surface area contributed by atoms with Crippen LogP contribution in [-0.2, 0) is 6.42 Å². The van der Waals surface area contributed by atoms with Crippen molar-refractivity contribution >= 4 is 17.8 Å². The Kier molecular flexibility index (Phi) is 8.22. The molecule has 0 aliphatic rings. The van der Waals surface area contributed by atoms with Gasteiger partial charge in [0.15, 0.2) is 0 Å². The Bertz CT molecular complexity index is 625. The lowest BCUT2D eigenvalue weighted by molar-refractivity contribution is 0.254. The lowest BCUT2D eigenvalue weighted by Crippen LogP contribution is -2.28. The highest BCUT2D eigenvalue weighted by Crippen LogP contribution is 2.23. The fourth-order valence-electron chi connectivity index (χ4n) is 2.23. The number of amides is 2. The highest BCUT2D eigenvalue weighted by atomic mass is 16.2. The summed E-state index contributed by atoms with van der Waals surface area (Å²) in [6, 6.07) is 5.68. The Morgan fingerprint density at radius 2 is 2.04 bits per heavy atom. The summed E-state index contributed by atoms with van der Waals surface area (Å²) in [6.07, 6.45) is 13.2. The molecule has 1 rings (SSSR count). The Hall–Kier alpha value is -2.55. The van der Waals surface area contributed by atoms with E-state index in [4.69, 9.17) is 0 Å². The van der Waals surface area contributed by atoms with E-state index in [9.17, 15) is 4.79 Å². The maximum atomic E-state index is 12.2. The third kappa shape index (κ3) is 5.99. The van der Waals surface area contributed by atoms with Gasteiger partial charge >= 0.3 is 6.03 Å². The molecule has 0 aromatic heterocycles. The van der Waals surface area contributed by atoms with E-state index in [1.807, 2.05) is 44.2 Å². The molecule has 1 aromatic carbocycles. The molecule has 0 radical (unpaired) electrons. The zero-order valence-corrected chi connectivity index (χ0v) is 14.2. The van der Waals surface area contributed by atoms with Crippen LogP contribution in [-0.4, -0.2) is 6.03 Å². The number of allylic oxidation sites excluding steroid dienone is 5. The van der Waals surface area contributed by atoms with Crippen molar-refractivity contribution < 1.29 is 4.79 Å². The molecule has 2 N–H and O–H groups in total. The SMILES string of the molecule is C=C/C(=C\C=C/C)NC(=O)Nc1cccc(/C=C\C)c1CCC. The highest BCUT2D eigenvalue weighted by Gasteiger charge is 2.09. The van der Waals surface area contributed by atoms with Gasteiger partial charge in [-0.2, -0.15) is 0 Å². The van der Waals surface area contributed by atoms with Crippen molar-refractivity contribution in [1.29, 1.82) is 0 Å². The zero-order chi connectivity index (χ0) is 17.1. The first kappa shape index (κ1) is 18.5. The number of hydrogen-bond acceptors (Lipinski definition) is 1. The van der Waals surface area contributed by atoms with Crippen LogP contribution in [0, 0.1) is 0 Å². The van der Waals surface area contributed by atoms with E-state index in [1.165, 1.54) is 0 Å². The summed E-state index contributed by atoms with van der Waals surface area (Å²) >= 11 is 0. The lowest BCUT2D eigenvalue weighted by Gasteiger charge is -2.14. The van der Waals surface area contributed by atoms with Crippen molar-refractivity contribution in [3.05, 3.63) is 72.0 Å². The van der Waals surface area contributed by atoms with Crippen molar-refractivity contribution in [1.82, 2.24) is 5.32 Å². The number of hydrogen-bond donors (Lipinski definition) is 2. The molecule has 3 heteroatoms. The first-order valence-corrected chi connectivity index (χ1v) is 7.94. The molecule has 3 nitrogen and oxygen atoms in total. The summed E-state index contributed by atoms with van der Waals surface area (Å²) in [5.41, 5.74) is 3.79. The van der Waals surface area contributed by atoms with Crippen molar-refractivity contribution in [3.63, 3.8) is 0 Å². The van der Waals surface area contributed by atoms with Crippen LogP contribution in [0.25, 0.3) is 6.08 Å². The molecule has 0 aliphatic carbocycles. The summed E-state index contributed by atoms with van der Waals surface area (Å²) in [4.78, 5) is 12.2. The monoisotopic (exact) mass is 310 g/mol. The van der Waals surface area contributed by atoms with Crippen LogP contribution in [0.2, 0.25) is 0 Å². The zero-order valence-electron chi connectivity index (χ0n) is 14.2. The lowest BCUT2D eigenvalue weighted by atomic mass is 10.0. The molecule has 0 aliphatic heterocycles. The minimum Gasteiger partial charge on any atom is -0.308 e. The van der Waals surface area contributed by atoms with Gasteiger partial charge in [0.25, 0.3) is 0 Å². The Balaban J connectivity index is 2.97. The summed E-state index contributed by atoms with van der Waals surface area (Å²) in [5, 5.41) is 5.73. The summed E-state index contributed by atoms with van der Waals surface area (Å²) in [7, 11) is 0. The van der Waals surface area contributed by atoms with Crippen LogP contribution in [0.15, 0.2) is 60.9 Å².